The molecule has 1 aliphatic rings. The third-order valence-electron chi connectivity index (χ3n) is 3.21. The lowest BCUT2D eigenvalue weighted by Crippen LogP contribution is -2.47. The van der Waals surface area contributed by atoms with Crippen molar-refractivity contribution in [1.29, 1.82) is 0 Å². The van der Waals surface area contributed by atoms with E-state index >= 15 is 0 Å². The molecule has 17 heavy (non-hydrogen) atoms. The van der Waals surface area contributed by atoms with E-state index in [0.717, 1.165) is 32.4 Å². The van der Waals surface area contributed by atoms with Gasteiger partial charge in [0.25, 0.3) is 0 Å². The van der Waals surface area contributed by atoms with E-state index in [1.54, 1.807) is 0 Å². The Kier molecular flexibility index (Phi) is 6.52. The van der Waals surface area contributed by atoms with E-state index in [0.29, 0.717) is 18.7 Å². The quantitative estimate of drug-likeness (QED) is 0.716. The van der Waals surface area contributed by atoms with Gasteiger partial charge in [-0.15, -0.1) is 0 Å². The first-order valence-corrected chi connectivity index (χ1v) is 6.74. The van der Waals surface area contributed by atoms with Crippen LogP contribution in [-0.4, -0.2) is 49.2 Å². The summed E-state index contributed by atoms with van der Waals surface area (Å²) in [6.45, 7) is 9.52. The second kappa shape index (κ2) is 7.67. The van der Waals surface area contributed by atoms with Gasteiger partial charge in [0, 0.05) is 31.8 Å². The maximum Gasteiger partial charge on any atom is 0.246 e. The number of nitrogens with zero attached hydrogens (tertiary/aromatic N) is 1. The summed E-state index contributed by atoms with van der Waals surface area (Å²) < 4.78 is 5.22. The largest absolute Gasteiger partial charge is 0.372 e. The van der Waals surface area contributed by atoms with Crippen LogP contribution >= 0.6 is 0 Å². The van der Waals surface area contributed by atoms with Gasteiger partial charge in [0.2, 0.25) is 5.91 Å². The molecular weight excluding hydrogens is 216 g/mol. The maximum absolute atomic E-state index is 11.6. The molecule has 1 saturated heterocycles. The topological polar surface area (TPSA) is 41.6 Å². The summed E-state index contributed by atoms with van der Waals surface area (Å²) in [4.78, 5) is 14.0. The average Bonchev–Trinajstić information content (AvgIpc) is 2.30. The number of piperidine rings is 1. The summed E-state index contributed by atoms with van der Waals surface area (Å²) >= 11 is 0. The Bertz CT molecular complexity index is 223. The highest BCUT2D eigenvalue weighted by atomic mass is 16.5. The third-order valence-corrected chi connectivity index (χ3v) is 3.21. The number of carbonyl (C=O) groups excluding carboxylic acids is 1. The standard InChI is InChI=1S/C13H26N2O2/c1-4-9-17-10-13(16)14-12-5-7-15(8-6-12)11(2)3/h11-12H,4-10H2,1-3H3,(H,14,16). The van der Waals surface area contributed by atoms with Gasteiger partial charge >= 0.3 is 0 Å². The van der Waals surface area contributed by atoms with Crippen LogP contribution in [-0.2, 0) is 9.53 Å². The number of ether oxygens (including phenoxy) is 1. The van der Waals surface area contributed by atoms with Crippen LogP contribution in [0.1, 0.15) is 40.0 Å². The number of hydrogen-bond donors (Lipinski definition) is 1. The molecule has 1 N–H and O–H groups in total. The van der Waals surface area contributed by atoms with Crippen molar-refractivity contribution in [2.75, 3.05) is 26.3 Å². The van der Waals surface area contributed by atoms with Crippen LogP contribution in [0.4, 0.5) is 0 Å². The Morgan fingerprint density at radius 1 is 1.41 bits per heavy atom. The molecule has 0 aromatic rings. The van der Waals surface area contributed by atoms with Gasteiger partial charge in [-0.25, -0.2) is 0 Å². The predicted molar refractivity (Wildman–Crippen MR) is 69.0 cm³/mol. The zero-order valence-electron chi connectivity index (χ0n) is 11.4. The average molecular weight is 242 g/mol. The molecule has 0 aliphatic carbocycles. The lowest BCUT2D eigenvalue weighted by molar-refractivity contribution is -0.126. The summed E-state index contributed by atoms with van der Waals surface area (Å²) in [7, 11) is 0. The lowest BCUT2D eigenvalue weighted by Gasteiger charge is -2.34. The van der Waals surface area contributed by atoms with E-state index in [-0.39, 0.29) is 12.5 Å². The first kappa shape index (κ1) is 14.5. The Labute approximate surface area is 105 Å². The molecule has 4 heteroatoms. The highest BCUT2D eigenvalue weighted by Gasteiger charge is 2.21. The molecule has 0 radical (unpaired) electrons. The SMILES string of the molecule is CCCOCC(=O)NC1CCN(C(C)C)CC1. The fourth-order valence-corrected chi connectivity index (χ4v) is 2.14. The lowest BCUT2D eigenvalue weighted by atomic mass is 10.0. The van der Waals surface area contributed by atoms with Gasteiger partial charge in [-0.1, -0.05) is 6.92 Å². The predicted octanol–water partition coefficient (Wildman–Crippen LogP) is 1.40. The molecule has 100 valence electrons. The number of rotatable bonds is 6. The van der Waals surface area contributed by atoms with Gasteiger partial charge in [-0.3, -0.25) is 4.79 Å². The van der Waals surface area contributed by atoms with Crippen LogP contribution in [0.15, 0.2) is 0 Å². The molecule has 0 unspecified atom stereocenters. The van der Waals surface area contributed by atoms with Crippen molar-refractivity contribution in [3.8, 4) is 0 Å². The van der Waals surface area contributed by atoms with Gasteiger partial charge in [0.05, 0.1) is 0 Å². The summed E-state index contributed by atoms with van der Waals surface area (Å²) in [6.07, 6.45) is 3.06. The van der Waals surface area contributed by atoms with E-state index in [9.17, 15) is 4.79 Å². The van der Waals surface area contributed by atoms with Gasteiger partial charge in [0.1, 0.15) is 6.61 Å². The third kappa shape index (κ3) is 5.50. The van der Waals surface area contributed by atoms with Crippen LogP contribution in [0.2, 0.25) is 0 Å². The van der Waals surface area contributed by atoms with E-state index in [1.165, 1.54) is 0 Å². The summed E-state index contributed by atoms with van der Waals surface area (Å²) in [6, 6.07) is 0.947. The van der Waals surface area contributed by atoms with Crippen molar-refractivity contribution in [3.63, 3.8) is 0 Å². The van der Waals surface area contributed by atoms with Crippen LogP contribution in [0, 0.1) is 0 Å². The molecule has 0 spiro atoms. The molecule has 0 aromatic carbocycles. The van der Waals surface area contributed by atoms with E-state index in [2.05, 4.69) is 24.1 Å². The zero-order chi connectivity index (χ0) is 12.7. The molecule has 1 heterocycles. The molecule has 1 amide bonds. The van der Waals surface area contributed by atoms with E-state index < -0.39 is 0 Å². The normalized spacial score (nSPS) is 18.6. The number of hydrogen-bond acceptors (Lipinski definition) is 3. The number of nitrogens with one attached hydrogen (secondary N) is 1. The highest BCUT2D eigenvalue weighted by molar-refractivity contribution is 5.77. The van der Waals surface area contributed by atoms with Crippen molar-refractivity contribution in [1.82, 2.24) is 10.2 Å². The van der Waals surface area contributed by atoms with Crippen LogP contribution in [0.3, 0.4) is 0 Å². The summed E-state index contributed by atoms with van der Waals surface area (Å²) in [5.41, 5.74) is 0. The van der Waals surface area contributed by atoms with Crippen LogP contribution in [0.5, 0.6) is 0 Å². The smallest absolute Gasteiger partial charge is 0.246 e. The fraction of sp³-hybridized carbons (Fsp3) is 0.923. The number of amides is 1. The van der Waals surface area contributed by atoms with Gasteiger partial charge in [0.15, 0.2) is 0 Å². The minimum Gasteiger partial charge on any atom is -0.372 e. The van der Waals surface area contributed by atoms with Crippen molar-refractivity contribution in [3.05, 3.63) is 0 Å². The molecule has 1 rings (SSSR count). The number of likely N-dealkylation sites (tertiary alicyclic amines) is 1. The molecule has 4 nitrogen and oxygen atoms in total. The Hall–Kier alpha value is -0.610. The van der Waals surface area contributed by atoms with Crippen LogP contribution in [0.25, 0.3) is 0 Å². The molecule has 0 saturated carbocycles. The Balaban J connectivity index is 2.15. The molecule has 0 bridgehead atoms. The van der Waals surface area contributed by atoms with Crippen molar-refractivity contribution >= 4 is 5.91 Å². The fourth-order valence-electron chi connectivity index (χ4n) is 2.14. The van der Waals surface area contributed by atoms with Crippen molar-refractivity contribution < 1.29 is 9.53 Å². The second-order valence-corrected chi connectivity index (χ2v) is 5.02. The maximum atomic E-state index is 11.6. The zero-order valence-corrected chi connectivity index (χ0v) is 11.4. The highest BCUT2D eigenvalue weighted by Crippen LogP contribution is 2.12. The molecule has 1 aliphatic heterocycles. The van der Waals surface area contributed by atoms with Crippen LogP contribution < -0.4 is 5.32 Å². The van der Waals surface area contributed by atoms with E-state index in [1.807, 2.05) is 6.92 Å². The van der Waals surface area contributed by atoms with Gasteiger partial charge in [-0.05, 0) is 33.1 Å². The number of carbonyl (C=O) groups is 1. The van der Waals surface area contributed by atoms with Gasteiger partial charge < -0.3 is 15.0 Å². The van der Waals surface area contributed by atoms with E-state index in [4.69, 9.17) is 4.74 Å². The second-order valence-electron chi connectivity index (χ2n) is 5.02. The summed E-state index contributed by atoms with van der Waals surface area (Å²) in [5.74, 6) is 0.0291. The molecule has 0 atom stereocenters. The van der Waals surface area contributed by atoms with Gasteiger partial charge in [-0.2, -0.15) is 0 Å². The first-order chi connectivity index (χ1) is 8.13. The monoisotopic (exact) mass is 242 g/mol. The van der Waals surface area contributed by atoms with Crippen molar-refractivity contribution in [2.45, 2.75) is 52.1 Å². The van der Waals surface area contributed by atoms with Crippen molar-refractivity contribution in [2.24, 2.45) is 0 Å². The summed E-state index contributed by atoms with van der Waals surface area (Å²) in [5, 5.41) is 3.05. The molecule has 0 aromatic heterocycles. The minimum absolute atomic E-state index is 0.0291. The molecule has 1 fully saturated rings. The Morgan fingerprint density at radius 2 is 2.06 bits per heavy atom. The Morgan fingerprint density at radius 3 is 2.59 bits per heavy atom. The minimum atomic E-state index is 0.0291. The first-order valence-electron chi connectivity index (χ1n) is 6.74. The molecular formula is C13H26N2O2.